The molecule has 0 unspecified atom stereocenters. The summed E-state index contributed by atoms with van der Waals surface area (Å²) in [7, 11) is 1.78. The average molecular weight is 284 g/mol. The van der Waals surface area contributed by atoms with Gasteiger partial charge in [0.05, 0.1) is 6.54 Å². The van der Waals surface area contributed by atoms with Crippen molar-refractivity contribution in [3.8, 4) is 0 Å². The largest absolute Gasteiger partial charge is 0.290 e. The highest BCUT2D eigenvalue weighted by Crippen LogP contribution is 2.03. The highest BCUT2D eigenvalue weighted by atomic mass is 79.9. The molecule has 2 rings (SSSR count). The van der Waals surface area contributed by atoms with Crippen molar-refractivity contribution in [3.05, 3.63) is 38.7 Å². The van der Waals surface area contributed by atoms with Crippen LogP contribution in [0.3, 0.4) is 0 Å². The Bertz CT molecular complexity index is 574. The quantitative estimate of drug-likeness (QED) is 0.805. The molecule has 0 aliphatic carbocycles. The molecule has 0 amide bonds. The number of aromatic nitrogens is 5. The Kier molecular flexibility index (Phi) is 2.86. The van der Waals surface area contributed by atoms with Gasteiger partial charge < -0.3 is 0 Å². The number of nitrogens with zero attached hydrogens (tertiary/aromatic N) is 5. The summed E-state index contributed by atoms with van der Waals surface area (Å²) in [5.74, 6) is 0.652. The predicted octanol–water partition coefficient (Wildman–Crippen LogP) is 0.491. The third-order valence-electron chi connectivity index (χ3n) is 2.18. The minimum atomic E-state index is -0.113. The molecule has 6 nitrogen and oxygen atoms in total. The van der Waals surface area contributed by atoms with Crippen LogP contribution in [0.2, 0.25) is 0 Å². The minimum absolute atomic E-state index is 0.113. The Morgan fingerprint density at radius 1 is 1.50 bits per heavy atom. The van der Waals surface area contributed by atoms with Gasteiger partial charge in [0.1, 0.15) is 16.0 Å². The van der Waals surface area contributed by atoms with Crippen LogP contribution in [0.1, 0.15) is 11.5 Å². The van der Waals surface area contributed by atoms with Crippen LogP contribution in [-0.2, 0) is 13.6 Å². The molecular weight excluding hydrogens is 274 g/mol. The maximum absolute atomic E-state index is 11.8. The summed E-state index contributed by atoms with van der Waals surface area (Å²) < 4.78 is 3.59. The van der Waals surface area contributed by atoms with Gasteiger partial charge in [0.25, 0.3) is 5.56 Å². The molecule has 0 saturated heterocycles. The zero-order valence-electron chi connectivity index (χ0n) is 8.88. The van der Waals surface area contributed by atoms with E-state index in [1.807, 2.05) is 0 Å². The molecule has 2 heterocycles. The molecule has 84 valence electrons. The number of halogens is 1. The third-order valence-corrected chi connectivity index (χ3v) is 2.72. The Hall–Kier alpha value is -1.50. The molecule has 0 atom stereocenters. The summed E-state index contributed by atoms with van der Waals surface area (Å²) in [6.45, 7) is 2.16. The standard InChI is InChI=1S/C9H10BrN5O/c1-6-11-3-8(10)9(16)15(6)5-7-4-14(2)13-12-7/h3-4H,5H2,1-2H3. The van der Waals surface area contributed by atoms with Crippen molar-refractivity contribution in [2.24, 2.45) is 7.05 Å². The number of hydrogen-bond acceptors (Lipinski definition) is 4. The lowest BCUT2D eigenvalue weighted by atomic mass is 10.4. The van der Waals surface area contributed by atoms with E-state index in [9.17, 15) is 4.79 Å². The van der Waals surface area contributed by atoms with Gasteiger partial charge in [0.2, 0.25) is 0 Å². The van der Waals surface area contributed by atoms with Crippen LogP contribution in [0, 0.1) is 6.92 Å². The zero-order chi connectivity index (χ0) is 11.7. The summed E-state index contributed by atoms with van der Waals surface area (Å²) >= 11 is 3.16. The van der Waals surface area contributed by atoms with Gasteiger partial charge >= 0.3 is 0 Å². The molecule has 16 heavy (non-hydrogen) atoms. The van der Waals surface area contributed by atoms with E-state index >= 15 is 0 Å². The van der Waals surface area contributed by atoms with Crippen LogP contribution >= 0.6 is 15.9 Å². The molecule has 0 N–H and O–H groups in total. The Balaban J connectivity index is 2.42. The number of rotatable bonds is 2. The van der Waals surface area contributed by atoms with Gasteiger partial charge in [-0.25, -0.2) is 4.98 Å². The summed E-state index contributed by atoms with van der Waals surface area (Å²) in [5, 5.41) is 7.75. The SMILES string of the molecule is Cc1ncc(Br)c(=O)n1Cc1cn(C)nn1. The molecule has 7 heteroatoms. The van der Waals surface area contributed by atoms with Gasteiger partial charge in [-0.05, 0) is 22.9 Å². The lowest BCUT2D eigenvalue weighted by molar-refractivity contribution is 0.676. The van der Waals surface area contributed by atoms with Crippen molar-refractivity contribution in [1.29, 1.82) is 0 Å². The maximum Gasteiger partial charge on any atom is 0.268 e. The lowest BCUT2D eigenvalue weighted by Gasteiger charge is -2.06. The summed E-state index contributed by atoms with van der Waals surface area (Å²) in [5.41, 5.74) is 0.616. The second-order valence-corrected chi connectivity index (χ2v) is 4.28. The summed E-state index contributed by atoms with van der Waals surface area (Å²) in [4.78, 5) is 15.9. The highest BCUT2D eigenvalue weighted by molar-refractivity contribution is 9.10. The molecule has 0 bridgehead atoms. The van der Waals surface area contributed by atoms with Crippen molar-refractivity contribution in [1.82, 2.24) is 24.5 Å². The van der Waals surface area contributed by atoms with Gasteiger partial charge in [0, 0.05) is 19.4 Å². The Morgan fingerprint density at radius 2 is 2.25 bits per heavy atom. The monoisotopic (exact) mass is 283 g/mol. The maximum atomic E-state index is 11.8. The number of aryl methyl sites for hydroxylation is 2. The van der Waals surface area contributed by atoms with Gasteiger partial charge in [0.15, 0.2) is 0 Å². The Morgan fingerprint density at radius 3 is 2.88 bits per heavy atom. The van der Waals surface area contributed by atoms with Crippen LogP contribution < -0.4 is 5.56 Å². The fraction of sp³-hybridized carbons (Fsp3) is 0.333. The van der Waals surface area contributed by atoms with Crippen molar-refractivity contribution in [2.45, 2.75) is 13.5 Å². The predicted molar refractivity (Wildman–Crippen MR) is 61.0 cm³/mol. The molecular formula is C9H10BrN5O. The first kappa shape index (κ1) is 11.0. The van der Waals surface area contributed by atoms with Gasteiger partial charge in [-0.15, -0.1) is 5.10 Å². The van der Waals surface area contributed by atoms with E-state index in [2.05, 4.69) is 31.2 Å². The molecule has 2 aromatic heterocycles. The molecule has 0 saturated carbocycles. The minimum Gasteiger partial charge on any atom is -0.290 e. The van der Waals surface area contributed by atoms with Crippen molar-refractivity contribution >= 4 is 15.9 Å². The second kappa shape index (κ2) is 4.17. The molecule has 0 aromatic carbocycles. The molecule has 0 aliphatic heterocycles. The van der Waals surface area contributed by atoms with Crippen LogP contribution in [0.15, 0.2) is 21.7 Å². The number of hydrogen-bond donors (Lipinski definition) is 0. The normalized spacial score (nSPS) is 10.7. The fourth-order valence-corrected chi connectivity index (χ4v) is 1.68. The highest BCUT2D eigenvalue weighted by Gasteiger charge is 2.07. The van der Waals surface area contributed by atoms with E-state index in [1.54, 1.807) is 29.4 Å². The van der Waals surface area contributed by atoms with Crippen molar-refractivity contribution in [3.63, 3.8) is 0 Å². The van der Waals surface area contributed by atoms with Crippen LogP contribution in [-0.4, -0.2) is 24.5 Å². The topological polar surface area (TPSA) is 65.6 Å². The zero-order valence-corrected chi connectivity index (χ0v) is 10.5. The molecule has 0 aliphatic rings. The fourth-order valence-electron chi connectivity index (χ4n) is 1.37. The average Bonchev–Trinajstić information content (AvgIpc) is 2.65. The second-order valence-electron chi connectivity index (χ2n) is 3.43. The first-order chi connectivity index (χ1) is 7.58. The summed E-state index contributed by atoms with van der Waals surface area (Å²) in [6.07, 6.45) is 3.28. The lowest BCUT2D eigenvalue weighted by Crippen LogP contribution is -2.24. The van der Waals surface area contributed by atoms with Crippen molar-refractivity contribution in [2.75, 3.05) is 0 Å². The first-order valence-corrected chi connectivity index (χ1v) is 5.44. The van der Waals surface area contributed by atoms with E-state index in [0.29, 0.717) is 16.8 Å². The van der Waals surface area contributed by atoms with E-state index in [-0.39, 0.29) is 5.56 Å². The van der Waals surface area contributed by atoms with Crippen molar-refractivity contribution < 1.29 is 0 Å². The molecule has 2 aromatic rings. The Labute approximate surface area is 100 Å². The van der Waals surface area contributed by atoms with Gasteiger partial charge in [-0.2, -0.15) is 0 Å². The van der Waals surface area contributed by atoms with E-state index in [1.165, 1.54) is 6.20 Å². The van der Waals surface area contributed by atoms with Crippen LogP contribution in [0.5, 0.6) is 0 Å². The molecule has 0 radical (unpaired) electrons. The van der Waals surface area contributed by atoms with Crippen LogP contribution in [0.4, 0.5) is 0 Å². The third kappa shape index (κ3) is 2.04. The molecule has 0 fully saturated rings. The van der Waals surface area contributed by atoms with Gasteiger partial charge in [-0.1, -0.05) is 5.21 Å². The first-order valence-electron chi connectivity index (χ1n) is 4.65. The molecule has 0 spiro atoms. The van der Waals surface area contributed by atoms with E-state index in [4.69, 9.17) is 0 Å². The smallest absolute Gasteiger partial charge is 0.268 e. The van der Waals surface area contributed by atoms with E-state index < -0.39 is 0 Å². The summed E-state index contributed by atoms with van der Waals surface area (Å²) in [6, 6.07) is 0. The van der Waals surface area contributed by atoms with Crippen LogP contribution in [0.25, 0.3) is 0 Å². The van der Waals surface area contributed by atoms with Gasteiger partial charge in [-0.3, -0.25) is 14.0 Å². The van der Waals surface area contributed by atoms with E-state index in [0.717, 1.165) is 5.69 Å².